The zero-order valence-electron chi connectivity index (χ0n) is 11.0. The van der Waals surface area contributed by atoms with Crippen molar-refractivity contribution in [3.05, 3.63) is 0 Å². The number of piperidine rings is 1. The van der Waals surface area contributed by atoms with Crippen LogP contribution in [0, 0.1) is 0 Å². The molecule has 106 valence electrons. The van der Waals surface area contributed by atoms with Crippen molar-refractivity contribution in [1.82, 2.24) is 10.2 Å². The number of amides is 1. The molecule has 6 nitrogen and oxygen atoms in total. The van der Waals surface area contributed by atoms with Gasteiger partial charge in [0.15, 0.2) is 0 Å². The standard InChI is InChI=1S/C12H24N2O4/c1-3-4-5-13-12(18)8(2)14-6-9(15)11(17)10(16)7-14/h8-11,15-17H,3-7H2,1-2H3,(H,13,18)/t8?,9-,10+,11?. The molecule has 2 unspecified atom stereocenters. The van der Waals surface area contributed by atoms with Crippen molar-refractivity contribution in [2.75, 3.05) is 19.6 Å². The Morgan fingerprint density at radius 2 is 1.89 bits per heavy atom. The number of hydrogen-bond donors (Lipinski definition) is 4. The van der Waals surface area contributed by atoms with Crippen molar-refractivity contribution in [1.29, 1.82) is 0 Å². The van der Waals surface area contributed by atoms with Crippen molar-refractivity contribution in [2.24, 2.45) is 0 Å². The predicted octanol–water partition coefficient (Wildman–Crippen LogP) is -1.31. The summed E-state index contributed by atoms with van der Waals surface area (Å²) in [6.45, 7) is 4.81. The largest absolute Gasteiger partial charge is 0.389 e. The number of carbonyl (C=O) groups is 1. The molecule has 0 aromatic rings. The van der Waals surface area contributed by atoms with Gasteiger partial charge in [0.25, 0.3) is 0 Å². The molecule has 1 aliphatic heterocycles. The number of nitrogens with zero attached hydrogens (tertiary/aromatic N) is 1. The molecule has 1 aliphatic rings. The van der Waals surface area contributed by atoms with Gasteiger partial charge in [0.1, 0.15) is 6.10 Å². The van der Waals surface area contributed by atoms with Crippen LogP contribution < -0.4 is 5.32 Å². The predicted molar refractivity (Wildman–Crippen MR) is 67.0 cm³/mol. The number of rotatable bonds is 5. The molecule has 6 heteroatoms. The van der Waals surface area contributed by atoms with E-state index in [9.17, 15) is 20.1 Å². The molecule has 0 saturated carbocycles. The van der Waals surface area contributed by atoms with Crippen LogP contribution >= 0.6 is 0 Å². The number of aliphatic hydroxyl groups is 3. The molecule has 1 saturated heterocycles. The number of hydrogen-bond acceptors (Lipinski definition) is 5. The van der Waals surface area contributed by atoms with Gasteiger partial charge in [0, 0.05) is 19.6 Å². The van der Waals surface area contributed by atoms with Gasteiger partial charge >= 0.3 is 0 Å². The molecule has 1 amide bonds. The summed E-state index contributed by atoms with van der Waals surface area (Å²) >= 11 is 0. The second kappa shape index (κ2) is 7.04. The fourth-order valence-electron chi connectivity index (χ4n) is 2.05. The summed E-state index contributed by atoms with van der Waals surface area (Å²) < 4.78 is 0. The van der Waals surface area contributed by atoms with E-state index in [1.165, 1.54) is 0 Å². The van der Waals surface area contributed by atoms with Crippen LogP contribution in [-0.4, -0.2) is 70.1 Å². The fourth-order valence-corrected chi connectivity index (χ4v) is 2.05. The molecule has 0 radical (unpaired) electrons. The van der Waals surface area contributed by atoms with Crippen molar-refractivity contribution in [3.8, 4) is 0 Å². The maximum atomic E-state index is 11.8. The van der Waals surface area contributed by atoms with Crippen LogP contribution in [0.5, 0.6) is 0 Å². The molecule has 0 spiro atoms. The Kier molecular flexibility index (Phi) is 6.01. The molecule has 1 fully saturated rings. The monoisotopic (exact) mass is 260 g/mol. The van der Waals surface area contributed by atoms with Gasteiger partial charge < -0.3 is 20.6 Å². The van der Waals surface area contributed by atoms with Crippen LogP contribution in [0.25, 0.3) is 0 Å². The summed E-state index contributed by atoms with van der Waals surface area (Å²) in [5.41, 5.74) is 0. The molecule has 4 N–H and O–H groups in total. The van der Waals surface area contributed by atoms with Crippen molar-refractivity contribution in [2.45, 2.75) is 51.0 Å². The topological polar surface area (TPSA) is 93.0 Å². The summed E-state index contributed by atoms with van der Waals surface area (Å²) in [6, 6.07) is -0.418. The number of likely N-dealkylation sites (tertiary alicyclic amines) is 1. The van der Waals surface area contributed by atoms with Gasteiger partial charge in [0.05, 0.1) is 18.2 Å². The minimum atomic E-state index is -1.13. The van der Waals surface area contributed by atoms with E-state index in [0.29, 0.717) is 6.54 Å². The first-order chi connectivity index (χ1) is 8.47. The van der Waals surface area contributed by atoms with Gasteiger partial charge in [-0.15, -0.1) is 0 Å². The summed E-state index contributed by atoms with van der Waals surface area (Å²) in [5, 5.41) is 31.4. The summed E-state index contributed by atoms with van der Waals surface area (Å²) in [4.78, 5) is 13.5. The lowest BCUT2D eigenvalue weighted by atomic mass is 10.0. The average molecular weight is 260 g/mol. The fraction of sp³-hybridized carbons (Fsp3) is 0.917. The van der Waals surface area contributed by atoms with E-state index in [4.69, 9.17) is 0 Å². The molecular formula is C12H24N2O4. The number of unbranched alkanes of at least 4 members (excludes halogenated alkanes) is 1. The molecule has 0 bridgehead atoms. The smallest absolute Gasteiger partial charge is 0.237 e. The number of aliphatic hydroxyl groups excluding tert-OH is 3. The Labute approximate surface area is 108 Å². The van der Waals surface area contributed by atoms with Gasteiger partial charge in [-0.2, -0.15) is 0 Å². The van der Waals surface area contributed by atoms with Crippen LogP contribution in [0.4, 0.5) is 0 Å². The highest BCUT2D eigenvalue weighted by molar-refractivity contribution is 5.81. The molecular weight excluding hydrogens is 236 g/mol. The lowest BCUT2D eigenvalue weighted by Crippen LogP contribution is -2.59. The molecule has 18 heavy (non-hydrogen) atoms. The minimum Gasteiger partial charge on any atom is -0.389 e. The third-order valence-electron chi connectivity index (χ3n) is 3.39. The summed E-state index contributed by atoms with van der Waals surface area (Å²) in [7, 11) is 0. The number of nitrogens with one attached hydrogen (secondary N) is 1. The first kappa shape index (κ1) is 15.4. The molecule has 1 heterocycles. The maximum absolute atomic E-state index is 11.8. The Morgan fingerprint density at radius 3 is 2.39 bits per heavy atom. The molecule has 1 rings (SSSR count). The molecule has 0 aromatic carbocycles. The minimum absolute atomic E-state index is 0.112. The highest BCUT2D eigenvalue weighted by Gasteiger charge is 2.36. The van der Waals surface area contributed by atoms with Crippen molar-refractivity contribution < 1.29 is 20.1 Å². The zero-order valence-corrected chi connectivity index (χ0v) is 11.0. The van der Waals surface area contributed by atoms with Gasteiger partial charge in [-0.25, -0.2) is 0 Å². The van der Waals surface area contributed by atoms with Crippen molar-refractivity contribution >= 4 is 5.91 Å². The van der Waals surface area contributed by atoms with E-state index in [1.54, 1.807) is 11.8 Å². The van der Waals surface area contributed by atoms with Gasteiger partial charge in [-0.3, -0.25) is 9.69 Å². The van der Waals surface area contributed by atoms with Gasteiger partial charge in [-0.05, 0) is 13.3 Å². The first-order valence-electron chi connectivity index (χ1n) is 6.53. The highest BCUT2D eigenvalue weighted by Crippen LogP contribution is 2.14. The number of β-amino-alcohol motifs (C(OH)–C–C–N with tert-alkyl or cyclic N) is 2. The second-order valence-corrected chi connectivity index (χ2v) is 4.90. The van der Waals surface area contributed by atoms with Gasteiger partial charge in [-0.1, -0.05) is 13.3 Å². The molecule has 0 aromatic heterocycles. The maximum Gasteiger partial charge on any atom is 0.237 e. The van der Waals surface area contributed by atoms with Crippen molar-refractivity contribution in [3.63, 3.8) is 0 Å². The highest BCUT2D eigenvalue weighted by atomic mass is 16.4. The Bertz CT molecular complexity index is 263. The zero-order chi connectivity index (χ0) is 13.7. The third kappa shape index (κ3) is 3.91. The van der Waals surface area contributed by atoms with Crippen LogP contribution in [0.1, 0.15) is 26.7 Å². The normalized spacial score (nSPS) is 31.1. The Balaban J connectivity index is 2.46. The number of carbonyl (C=O) groups excluding carboxylic acids is 1. The quantitative estimate of drug-likeness (QED) is 0.461. The first-order valence-corrected chi connectivity index (χ1v) is 6.53. The van der Waals surface area contributed by atoms with E-state index in [2.05, 4.69) is 5.32 Å². The van der Waals surface area contributed by atoms with Crippen LogP contribution in [0.15, 0.2) is 0 Å². The lowest BCUT2D eigenvalue weighted by Gasteiger charge is -2.39. The Morgan fingerprint density at radius 1 is 1.33 bits per heavy atom. The SMILES string of the molecule is CCCCNC(=O)C(C)N1C[C@@H](O)C(O)[C@@H](O)C1. The Hall–Kier alpha value is -0.690. The average Bonchev–Trinajstić information content (AvgIpc) is 2.34. The van der Waals surface area contributed by atoms with Gasteiger partial charge in [0.2, 0.25) is 5.91 Å². The molecule has 0 aliphatic carbocycles. The van der Waals surface area contributed by atoms with E-state index in [-0.39, 0.29) is 19.0 Å². The third-order valence-corrected chi connectivity index (χ3v) is 3.39. The van der Waals surface area contributed by atoms with Crippen LogP contribution in [-0.2, 0) is 4.79 Å². The lowest BCUT2D eigenvalue weighted by molar-refractivity contribution is -0.137. The van der Waals surface area contributed by atoms with Crippen LogP contribution in [0.2, 0.25) is 0 Å². The van der Waals surface area contributed by atoms with E-state index in [1.807, 2.05) is 6.92 Å². The second-order valence-electron chi connectivity index (χ2n) is 4.90. The van der Waals surface area contributed by atoms with E-state index in [0.717, 1.165) is 12.8 Å². The van der Waals surface area contributed by atoms with E-state index >= 15 is 0 Å². The summed E-state index contributed by atoms with van der Waals surface area (Å²) in [6.07, 6.45) is -1.21. The molecule has 4 atom stereocenters. The van der Waals surface area contributed by atoms with E-state index < -0.39 is 24.4 Å². The van der Waals surface area contributed by atoms with Crippen LogP contribution in [0.3, 0.4) is 0 Å². The summed E-state index contributed by atoms with van der Waals surface area (Å²) in [5.74, 6) is -0.112.